The molecule has 7 nitrogen and oxygen atoms in total. The molecule has 24 heavy (non-hydrogen) atoms. The molecule has 1 amide bonds. The fraction of sp³-hybridized carbons (Fsp3) is 0.706. The molecule has 1 N–H and O–H groups in total. The summed E-state index contributed by atoms with van der Waals surface area (Å²) in [6, 6.07) is 1.75. The zero-order chi connectivity index (χ0) is 16.9. The van der Waals surface area contributed by atoms with Crippen LogP contribution in [-0.4, -0.2) is 72.8 Å². The standard InChI is InChI=1S/C17H27N5O2/c1-3-21-6-8-22(9-7-21)17-19-13(2)11-15(20-17)16(23)18-12-14-5-4-10-24-14/h11,14H,3-10,12H2,1-2H3,(H,18,23). The van der Waals surface area contributed by atoms with Crippen molar-refractivity contribution < 1.29 is 9.53 Å². The summed E-state index contributed by atoms with van der Waals surface area (Å²) in [5.74, 6) is 0.512. The second-order valence-corrected chi connectivity index (χ2v) is 6.46. The quantitative estimate of drug-likeness (QED) is 0.861. The SMILES string of the molecule is CCN1CCN(c2nc(C)cc(C(=O)NCC3CCCO3)n2)CC1. The van der Waals surface area contributed by atoms with Gasteiger partial charge in [0.15, 0.2) is 0 Å². The maximum atomic E-state index is 12.4. The highest BCUT2D eigenvalue weighted by atomic mass is 16.5. The number of ether oxygens (including phenoxy) is 1. The van der Waals surface area contributed by atoms with Crippen LogP contribution in [0.4, 0.5) is 5.95 Å². The highest BCUT2D eigenvalue weighted by Gasteiger charge is 2.21. The number of carbonyl (C=O) groups is 1. The van der Waals surface area contributed by atoms with Crippen LogP contribution in [0.5, 0.6) is 0 Å². The van der Waals surface area contributed by atoms with Gasteiger partial charge in [-0.3, -0.25) is 4.79 Å². The summed E-state index contributed by atoms with van der Waals surface area (Å²) in [5.41, 5.74) is 1.26. The lowest BCUT2D eigenvalue weighted by molar-refractivity contribution is 0.0853. The number of nitrogens with zero attached hydrogens (tertiary/aromatic N) is 4. The first-order valence-corrected chi connectivity index (χ1v) is 8.88. The Hall–Kier alpha value is -1.73. The van der Waals surface area contributed by atoms with Crippen LogP contribution in [0.1, 0.15) is 35.9 Å². The third-order valence-corrected chi connectivity index (χ3v) is 4.69. The summed E-state index contributed by atoms with van der Waals surface area (Å²) in [6.45, 7) is 10.3. The van der Waals surface area contributed by atoms with Crippen LogP contribution in [0.15, 0.2) is 6.07 Å². The second kappa shape index (κ2) is 7.90. The molecule has 0 aliphatic carbocycles. The van der Waals surface area contributed by atoms with E-state index < -0.39 is 0 Å². The summed E-state index contributed by atoms with van der Waals surface area (Å²) in [5, 5.41) is 2.93. The molecule has 1 aromatic heterocycles. The topological polar surface area (TPSA) is 70.6 Å². The van der Waals surface area contributed by atoms with E-state index >= 15 is 0 Å². The van der Waals surface area contributed by atoms with Crippen molar-refractivity contribution in [1.29, 1.82) is 0 Å². The molecule has 2 aliphatic heterocycles. The Labute approximate surface area is 143 Å². The van der Waals surface area contributed by atoms with Gasteiger partial charge in [-0.1, -0.05) is 6.92 Å². The van der Waals surface area contributed by atoms with Crippen molar-refractivity contribution in [2.75, 3.05) is 50.8 Å². The smallest absolute Gasteiger partial charge is 0.270 e. The number of aryl methyl sites for hydroxylation is 1. The normalized spacial score (nSPS) is 21.9. The second-order valence-electron chi connectivity index (χ2n) is 6.46. The van der Waals surface area contributed by atoms with E-state index in [9.17, 15) is 4.79 Å². The predicted molar refractivity (Wildman–Crippen MR) is 92.4 cm³/mol. The monoisotopic (exact) mass is 333 g/mol. The van der Waals surface area contributed by atoms with Crippen LogP contribution >= 0.6 is 0 Å². The summed E-state index contributed by atoms with van der Waals surface area (Å²) in [6.07, 6.45) is 2.22. The predicted octanol–water partition coefficient (Wildman–Crippen LogP) is 0.836. The first-order chi connectivity index (χ1) is 11.7. The number of piperazine rings is 1. The molecule has 0 bridgehead atoms. The third kappa shape index (κ3) is 4.21. The van der Waals surface area contributed by atoms with Gasteiger partial charge in [-0.05, 0) is 32.4 Å². The average Bonchev–Trinajstić information content (AvgIpc) is 3.12. The van der Waals surface area contributed by atoms with Gasteiger partial charge in [-0.15, -0.1) is 0 Å². The Bertz CT molecular complexity index is 566. The minimum Gasteiger partial charge on any atom is -0.376 e. The lowest BCUT2D eigenvalue weighted by Crippen LogP contribution is -2.47. The van der Waals surface area contributed by atoms with Crippen molar-refractivity contribution in [3.05, 3.63) is 17.5 Å². The largest absolute Gasteiger partial charge is 0.376 e. The first kappa shape index (κ1) is 17.1. The molecule has 3 rings (SSSR count). The maximum Gasteiger partial charge on any atom is 0.270 e. The van der Waals surface area contributed by atoms with Gasteiger partial charge in [0, 0.05) is 45.0 Å². The molecule has 3 heterocycles. The van der Waals surface area contributed by atoms with Gasteiger partial charge < -0.3 is 19.9 Å². The molecule has 2 aliphatic rings. The number of amides is 1. The van der Waals surface area contributed by atoms with Crippen LogP contribution in [0.3, 0.4) is 0 Å². The number of aromatic nitrogens is 2. The Kier molecular flexibility index (Phi) is 5.63. The van der Waals surface area contributed by atoms with Crippen molar-refractivity contribution in [2.45, 2.75) is 32.8 Å². The zero-order valence-electron chi connectivity index (χ0n) is 14.6. The molecule has 1 aromatic rings. The number of hydrogen-bond donors (Lipinski definition) is 1. The Morgan fingerprint density at radius 3 is 2.79 bits per heavy atom. The van der Waals surface area contributed by atoms with Crippen LogP contribution in [-0.2, 0) is 4.74 Å². The molecule has 132 valence electrons. The van der Waals surface area contributed by atoms with Crippen molar-refractivity contribution >= 4 is 11.9 Å². The first-order valence-electron chi connectivity index (χ1n) is 8.88. The highest BCUT2D eigenvalue weighted by Crippen LogP contribution is 2.14. The summed E-state index contributed by atoms with van der Waals surface area (Å²) >= 11 is 0. The van der Waals surface area contributed by atoms with E-state index in [0.717, 1.165) is 57.9 Å². The van der Waals surface area contributed by atoms with E-state index in [0.29, 0.717) is 18.2 Å². The molecular formula is C17H27N5O2. The minimum absolute atomic E-state index is 0.137. The van der Waals surface area contributed by atoms with Gasteiger partial charge in [0.1, 0.15) is 5.69 Å². The van der Waals surface area contributed by atoms with Crippen molar-refractivity contribution in [3.63, 3.8) is 0 Å². The number of rotatable bonds is 5. The fourth-order valence-corrected chi connectivity index (χ4v) is 3.18. The molecule has 2 saturated heterocycles. The van der Waals surface area contributed by atoms with Gasteiger partial charge in [-0.25, -0.2) is 9.97 Å². The van der Waals surface area contributed by atoms with Crippen molar-refractivity contribution in [2.24, 2.45) is 0 Å². The van der Waals surface area contributed by atoms with Gasteiger partial charge in [0.05, 0.1) is 6.10 Å². The van der Waals surface area contributed by atoms with Crippen LogP contribution < -0.4 is 10.2 Å². The zero-order valence-corrected chi connectivity index (χ0v) is 14.6. The van der Waals surface area contributed by atoms with Gasteiger partial charge in [-0.2, -0.15) is 0 Å². The lowest BCUT2D eigenvalue weighted by atomic mass is 10.2. The van der Waals surface area contributed by atoms with Crippen LogP contribution in [0, 0.1) is 6.92 Å². The fourth-order valence-electron chi connectivity index (χ4n) is 3.18. The van der Waals surface area contributed by atoms with E-state index in [4.69, 9.17) is 4.74 Å². The van der Waals surface area contributed by atoms with E-state index in [1.54, 1.807) is 6.07 Å². The van der Waals surface area contributed by atoms with E-state index in [1.165, 1.54) is 0 Å². The molecule has 0 saturated carbocycles. The molecule has 0 radical (unpaired) electrons. The Morgan fingerprint density at radius 2 is 2.12 bits per heavy atom. The molecular weight excluding hydrogens is 306 g/mol. The van der Waals surface area contributed by atoms with Crippen LogP contribution in [0.25, 0.3) is 0 Å². The molecule has 7 heteroatoms. The summed E-state index contributed by atoms with van der Waals surface area (Å²) < 4.78 is 5.54. The number of likely N-dealkylation sites (N-methyl/N-ethyl adjacent to an activating group) is 1. The summed E-state index contributed by atoms with van der Waals surface area (Å²) in [7, 11) is 0. The average molecular weight is 333 g/mol. The lowest BCUT2D eigenvalue weighted by Gasteiger charge is -2.34. The van der Waals surface area contributed by atoms with Gasteiger partial charge >= 0.3 is 0 Å². The molecule has 1 atom stereocenters. The van der Waals surface area contributed by atoms with Crippen molar-refractivity contribution in [3.8, 4) is 0 Å². The van der Waals surface area contributed by atoms with Gasteiger partial charge in [0.25, 0.3) is 5.91 Å². The number of carbonyl (C=O) groups excluding carboxylic acids is 1. The number of hydrogen-bond acceptors (Lipinski definition) is 6. The minimum atomic E-state index is -0.149. The van der Waals surface area contributed by atoms with E-state index in [-0.39, 0.29) is 12.0 Å². The van der Waals surface area contributed by atoms with E-state index in [1.807, 2.05) is 6.92 Å². The molecule has 2 fully saturated rings. The Balaban J connectivity index is 1.63. The molecule has 0 aromatic carbocycles. The number of anilines is 1. The molecule has 1 unspecified atom stereocenters. The highest BCUT2D eigenvalue weighted by molar-refractivity contribution is 5.92. The number of nitrogens with one attached hydrogen (secondary N) is 1. The van der Waals surface area contributed by atoms with Crippen LogP contribution in [0.2, 0.25) is 0 Å². The summed E-state index contributed by atoms with van der Waals surface area (Å²) in [4.78, 5) is 26.0. The van der Waals surface area contributed by atoms with Crippen molar-refractivity contribution in [1.82, 2.24) is 20.2 Å². The Morgan fingerprint density at radius 1 is 1.33 bits per heavy atom. The molecule has 0 spiro atoms. The maximum absolute atomic E-state index is 12.4. The van der Waals surface area contributed by atoms with E-state index in [2.05, 4.69) is 32.0 Å². The third-order valence-electron chi connectivity index (χ3n) is 4.69. The van der Waals surface area contributed by atoms with Gasteiger partial charge in [0.2, 0.25) is 5.95 Å².